The van der Waals surface area contributed by atoms with Crippen LogP contribution in [0.3, 0.4) is 0 Å². The molecule has 0 aromatic carbocycles. The first-order chi connectivity index (χ1) is 7.91. The molecule has 4 nitrogen and oxygen atoms in total. The van der Waals surface area contributed by atoms with Gasteiger partial charge in [0.15, 0.2) is 0 Å². The van der Waals surface area contributed by atoms with Crippen molar-refractivity contribution >= 4 is 5.91 Å². The summed E-state index contributed by atoms with van der Waals surface area (Å²) in [6.07, 6.45) is 3.85. The third kappa shape index (κ3) is 5.50. The minimum atomic E-state index is -0.807. The summed E-state index contributed by atoms with van der Waals surface area (Å²) in [6, 6.07) is -0.0707. The maximum Gasteiger partial charge on any atom is 0.237 e. The SMILES string of the molecule is CC(C)CC(C)(O)CNC(=O)[C@@H]1CCCCN1. The molecule has 0 aliphatic carbocycles. The zero-order chi connectivity index (χ0) is 12.9. The summed E-state index contributed by atoms with van der Waals surface area (Å²) >= 11 is 0. The fourth-order valence-corrected chi connectivity index (χ4v) is 2.43. The Balaban J connectivity index is 2.31. The number of carbonyl (C=O) groups excluding carboxylic acids is 1. The number of aliphatic hydroxyl groups is 1. The van der Waals surface area contributed by atoms with Gasteiger partial charge in [-0.1, -0.05) is 20.3 Å². The molecule has 2 atom stereocenters. The van der Waals surface area contributed by atoms with Crippen molar-refractivity contribution in [2.24, 2.45) is 5.92 Å². The molecule has 0 saturated carbocycles. The van der Waals surface area contributed by atoms with Crippen LogP contribution in [-0.2, 0) is 4.79 Å². The molecule has 0 aromatic heterocycles. The molecule has 1 aliphatic heterocycles. The zero-order valence-electron chi connectivity index (χ0n) is 11.3. The molecule has 0 bridgehead atoms. The van der Waals surface area contributed by atoms with Gasteiger partial charge in [0, 0.05) is 6.54 Å². The lowest BCUT2D eigenvalue weighted by Crippen LogP contribution is -2.50. The monoisotopic (exact) mass is 242 g/mol. The van der Waals surface area contributed by atoms with Gasteiger partial charge in [-0.2, -0.15) is 0 Å². The fraction of sp³-hybridized carbons (Fsp3) is 0.923. The first-order valence-electron chi connectivity index (χ1n) is 6.64. The molecule has 1 aliphatic rings. The Labute approximate surface area is 104 Å². The van der Waals surface area contributed by atoms with E-state index in [1.165, 1.54) is 0 Å². The number of hydrogen-bond acceptors (Lipinski definition) is 3. The van der Waals surface area contributed by atoms with E-state index in [0.29, 0.717) is 18.9 Å². The molecule has 0 aromatic rings. The summed E-state index contributed by atoms with van der Waals surface area (Å²) in [5, 5.41) is 16.1. The first kappa shape index (κ1) is 14.5. The number of piperidine rings is 1. The second-order valence-corrected chi connectivity index (χ2v) is 5.82. The summed E-state index contributed by atoms with van der Waals surface area (Å²) < 4.78 is 0. The van der Waals surface area contributed by atoms with Gasteiger partial charge < -0.3 is 15.7 Å². The second-order valence-electron chi connectivity index (χ2n) is 5.82. The summed E-state index contributed by atoms with van der Waals surface area (Å²) in [6.45, 7) is 7.17. The van der Waals surface area contributed by atoms with Crippen LogP contribution < -0.4 is 10.6 Å². The highest BCUT2D eigenvalue weighted by atomic mass is 16.3. The smallest absolute Gasteiger partial charge is 0.237 e. The van der Waals surface area contributed by atoms with Gasteiger partial charge in [-0.25, -0.2) is 0 Å². The van der Waals surface area contributed by atoms with Gasteiger partial charge in [0.05, 0.1) is 11.6 Å². The van der Waals surface area contributed by atoms with E-state index in [4.69, 9.17) is 0 Å². The highest BCUT2D eigenvalue weighted by Crippen LogP contribution is 2.15. The lowest BCUT2D eigenvalue weighted by Gasteiger charge is -2.28. The third-order valence-corrected chi connectivity index (χ3v) is 3.12. The highest BCUT2D eigenvalue weighted by Gasteiger charge is 2.25. The van der Waals surface area contributed by atoms with Crippen molar-refractivity contribution in [3.05, 3.63) is 0 Å². The van der Waals surface area contributed by atoms with Crippen molar-refractivity contribution in [1.82, 2.24) is 10.6 Å². The van der Waals surface area contributed by atoms with E-state index in [9.17, 15) is 9.90 Å². The molecule has 3 N–H and O–H groups in total. The lowest BCUT2D eigenvalue weighted by atomic mass is 9.94. The van der Waals surface area contributed by atoms with Gasteiger partial charge >= 0.3 is 0 Å². The maximum absolute atomic E-state index is 11.8. The maximum atomic E-state index is 11.8. The van der Waals surface area contributed by atoms with E-state index in [1.807, 2.05) is 0 Å². The molecule has 1 fully saturated rings. The lowest BCUT2D eigenvalue weighted by molar-refractivity contribution is -0.125. The first-order valence-corrected chi connectivity index (χ1v) is 6.64. The van der Waals surface area contributed by atoms with Crippen LogP contribution in [0, 0.1) is 5.92 Å². The van der Waals surface area contributed by atoms with Crippen molar-refractivity contribution in [3.63, 3.8) is 0 Å². The zero-order valence-corrected chi connectivity index (χ0v) is 11.3. The Bertz CT molecular complexity index is 246. The molecule has 0 radical (unpaired) electrons. The van der Waals surface area contributed by atoms with Gasteiger partial charge in [0.2, 0.25) is 5.91 Å². The van der Waals surface area contributed by atoms with Gasteiger partial charge in [-0.05, 0) is 38.6 Å². The molecule has 4 heteroatoms. The minimum absolute atomic E-state index is 0.0220. The molecule has 100 valence electrons. The van der Waals surface area contributed by atoms with Gasteiger partial charge in [0.1, 0.15) is 0 Å². The van der Waals surface area contributed by atoms with Crippen molar-refractivity contribution in [1.29, 1.82) is 0 Å². The molecule has 17 heavy (non-hydrogen) atoms. The van der Waals surface area contributed by atoms with E-state index in [-0.39, 0.29) is 11.9 Å². The van der Waals surface area contributed by atoms with E-state index in [1.54, 1.807) is 6.92 Å². The largest absolute Gasteiger partial charge is 0.388 e. The molecule has 0 spiro atoms. The Hall–Kier alpha value is -0.610. The van der Waals surface area contributed by atoms with Crippen molar-refractivity contribution in [3.8, 4) is 0 Å². The predicted octanol–water partition coefficient (Wildman–Crippen LogP) is 1.04. The number of carbonyl (C=O) groups is 1. The van der Waals surface area contributed by atoms with Crippen LogP contribution in [0.2, 0.25) is 0 Å². The van der Waals surface area contributed by atoms with Gasteiger partial charge in [-0.15, -0.1) is 0 Å². The molecule has 1 heterocycles. The average molecular weight is 242 g/mol. The predicted molar refractivity (Wildman–Crippen MR) is 68.7 cm³/mol. The average Bonchev–Trinajstić information content (AvgIpc) is 2.25. The molecular weight excluding hydrogens is 216 g/mol. The third-order valence-electron chi connectivity index (χ3n) is 3.12. The molecule has 1 saturated heterocycles. The summed E-state index contributed by atoms with van der Waals surface area (Å²) in [5.74, 6) is 0.448. The molecule has 1 rings (SSSR count). The van der Waals surface area contributed by atoms with Crippen LogP contribution in [0.15, 0.2) is 0 Å². The summed E-state index contributed by atoms with van der Waals surface area (Å²) in [4.78, 5) is 11.8. The van der Waals surface area contributed by atoms with Crippen molar-refractivity contribution in [2.45, 2.75) is 58.1 Å². The number of amides is 1. The minimum Gasteiger partial charge on any atom is -0.388 e. The van der Waals surface area contributed by atoms with Crippen molar-refractivity contribution in [2.75, 3.05) is 13.1 Å². The molecular formula is C13H26N2O2. The van der Waals surface area contributed by atoms with E-state index >= 15 is 0 Å². The standard InChI is InChI=1S/C13H26N2O2/c1-10(2)8-13(3,17)9-15-12(16)11-6-4-5-7-14-11/h10-11,14,17H,4-9H2,1-3H3,(H,15,16)/t11-,13?/m0/s1. The van der Waals surface area contributed by atoms with Crippen LogP contribution in [0.1, 0.15) is 46.5 Å². The highest BCUT2D eigenvalue weighted by molar-refractivity contribution is 5.81. The van der Waals surface area contributed by atoms with Crippen LogP contribution in [0.5, 0.6) is 0 Å². The van der Waals surface area contributed by atoms with Gasteiger partial charge in [0.25, 0.3) is 0 Å². The summed E-state index contributed by atoms with van der Waals surface area (Å²) in [5.41, 5.74) is -0.807. The Kier molecular flexibility index (Phi) is 5.40. The Morgan fingerprint density at radius 3 is 2.76 bits per heavy atom. The number of rotatable bonds is 5. The van der Waals surface area contributed by atoms with E-state index in [2.05, 4.69) is 24.5 Å². The quantitative estimate of drug-likeness (QED) is 0.675. The van der Waals surface area contributed by atoms with Crippen LogP contribution in [-0.4, -0.2) is 35.7 Å². The summed E-state index contributed by atoms with van der Waals surface area (Å²) in [7, 11) is 0. The number of nitrogens with one attached hydrogen (secondary N) is 2. The fourth-order valence-electron chi connectivity index (χ4n) is 2.43. The normalized spacial score (nSPS) is 24.4. The Morgan fingerprint density at radius 1 is 1.53 bits per heavy atom. The van der Waals surface area contributed by atoms with Crippen LogP contribution in [0.4, 0.5) is 0 Å². The van der Waals surface area contributed by atoms with E-state index < -0.39 is 5.60 Å². The Morgan fingerprint density at radius 2 is 2.24 bits per heavy atom. The second kappa shape index (κ2) is 6.36. The van der Waals surface area contributed by atoms with E-state index in [0.717, 1.165) is 25.8 Å². The van der Waals surface area contributed by atoms with Crippen LogP contribution in [0.25, 0.3) is 0 Å². The molecule has 1 amide bonds. The number of hydrogen-bond donors (Lipinski definition) is 3. The van der Waals surface area contributed by atoms with Crippen molar-refractivity contribution < 1.29 is 9.90 Å². The van der Waals surface area contributed by atoms with Crippen LogP contribution >= 0.6 is 0 Å². The van der Waals surface area contributed by atoms with Gasteiger partial charge in [-0.3, -0.25) is 4.79 Å². The topological polar surface area (TPSA) is 61.4 Å². The molecule has 1 unspecified atom stereocenters.